The van der Waals surface area contributed by atoms with E-state index in [2.05, 4.69) is 18.0 Å². The van der Waals surface area contributed by atoms with Gasteiger partial charge in [0.1, 0.15) is 6.04 Å². The number of rotatable bonds is 5. The molecule has 1 unspecified atom stereocenters. The molecule has 0 aliphatic carbocycles. The first-order valence-electron chi connectivity index (χ1n) is 5.20. The molecule has 0 spiro atoms. The maximum atomic E-state index is 9.03. The molecule has 1 aromatic carbocycles. The van der Waals surface area contributed by atoms with Crippen LogP contribution in [0.2, 0.25) is 0 Å². The van der Waals surface area contributed by atoms with Crippen molar-refractivity contribution in [3.05, 3.63) is 42.5 Å². The normalized spacial score (nSPS) is 11.6. The summed E-state index contributed by atoms with van der Waals surface area (Å²) < 4.78 is 0. The Balaban J connectivity index is 2.79. The van der Waals surface area contributed by atoms with Crippen LogP contribution >= 0.6 is 0 Å². The molecular weight excluding hydrogens is 198 g/mol. The lowest BCUT2D eigenvalue weighted by molar-refractivity contribution is 0.683. The highest BCUT2D eigenvalue weighted by molar-refractivity contribution is 5.47. The van der Waals surface area contributed by atoms with Crippen LogP contribution in [-0.4, -0.2) is 20.6 Å². The Morgan fingerprint density at radius 3 is 2.50 bits per heavy atom. The third kappa shape index (κ3) is 3.11. The summed E-state index contributed by atoms with van der Waals surface area (Å²) in [5, 5.41) is 12.1. The van der Waals surface area contributed by atoms with E-state index in [1.54, 1.807) is 6.08 Å². The minimum atomic E-state index is -0.269. The minimum absolute atomic E-state index is 0.269. The number of hydrogen-bond donors (Lipinski definition) is 1. The Kier molecular flexibility index (Phi) is 4.56. The highest BCUT2D eigenvalue weighted by Crippen LogP contribution is 2.17. The summed E-state index contributed by atoms with van der Waals surface area (Å²) >= 11 is 0. The van der Waals surface area contributed by atoms with Gasteiger partial charge in [-0.2, -0.15) is 5.26 Å². The molecule has 0 fully saturated rings. The molecule has 1 rings (SSSR count). The molecule has 0 bridgehead atoms. The first-order valence-corrected chi connectivity index (χ1v) is 5.20. The summed E-state index contributed by atoms with van der Waals surface area (Å²) in [5.74, 6) is 0. The second-order valence-corrected chi connectivity index (χ2v) is 3.74. The number of nitriles is 1. The Morgan fingerprint density at radius 2 is 2.06 bits per heavy atom. The number of anilines is 1. The van der Waals surface area contributed by atoms with Crippen molar-refractivity contribution >= 4 is 5.69 Å². The number of hydrogen-bond acceptors (Lipinski definition) is 3. The van der Waals surface area contributed by atoms with Crippen LogP contribution in [0, 0.1) is 11.3 Å². The Hall–Kier alpha value is -1.79. The topological polar surface area (TPSA) is 39.1 Å². The molecule has 0 radical (unpaired) electrons. The number of nitrogens with zero attached hydrogens (tertiary/aromatic N) is 2. The minimum Gasteiger partial charge on any atom is -0.378 e. The fourth-order valence-electron chi connectivity index (χ4n) is 1.40. The second-order valence-electron chi connectivity index (χ2n) is 3.74. The molecule has 0 aliphatic rings. The van der Waals surface area contributed by atoms with Gasteiger partial charge in [0.15, 0.2) is 0 Å². The third-order valence-electron chi connectivity index (χ3n) is 2.34. The van der Waals surface area contributed by atoms with E-state index in [-0.39, 0.29) is 6.04 Å². The summed E-state index contributed by atoms with van der Waals surface area (Å²) in [5.41, 5.74) is 2.11. The second kappa shape index (κ2) is 5.94. The lowest BCUT2D eigenvalue weighted by Gasteiger charge is -2.14. The molecule has 0 aliphatic heterocycles. The van der Waals surface area contributed by atoms with Gasteiger partial charge < -0.3 is 4.90 Å². The molecule has 84 valence electrons. The molecule has 0 saturated heterocycles. The third-order valence-corrected chi connectivity index (χ3v) is 2.34. The molecule has 16 heavy (non-hydrogen) atoms. The van der Waals surface area contributed by atoms with E-state index < -0.39 is 0 Å². The number of benzene rings is 1. The van der Waals surface area contributed by atoms with Crippen LogP contribution in [0.15, 0.2) is 36.9 Å². The van der Waals surface area contributed by atoms with Crippen LogP contribution in [0.25, 0.3) is 0 Å². The van der Waals surface area contributed by atoms with Gasteiger partial charge in [-0.05, 0) is 17.7 Å². The molecule has 3 heteroatoms. The van der Waals surface area contributed by atoms with Gasteiger partial charge in [0, 0.05) is 26.3 Å². The fraction of sp³-hybridized carbons (Fsp3) is 0.308. The fourth-order valence-corrected chi connectivity index (χ4v) is 1.40. The highest BCUT2D eigenvalue weighted by atomic mass is 15.1. The van der Waals surface area contributed by atoms with Gasteiger partial charge >= 0.3 is 0 Å². The Morgan fingerprint density at radius 1 is 1.44 bits per heavy atom. The molecule has 0 aromatic heterocycles. The molecule has 1 atom stereocenters. The molecule has 1 N–H and O–H groups in total. The Bertz CT molecular complexity index is 373. The van der Waals surface area contributed by atoms with Crippen molar-refractivity contribution < 1.29 is 0 Å². The summed E-state index contributed by atoms with van der Waals surface area (Å²) in [6, 6.07) is 9.92. The first-order chi connectivity index (χ1) is 7.69. The summed E-state index contributed by atoms with van der Waals surface area (Å²) in [4.78, 5) is 2.03. The Labute approximate surface area is 97.0 Å². The zero-order chi connectivity index (χ0) is 12.0. The molecule has 0 saturated carbocycles. The van der Waals surface area contributed by atoms with Gasteiger partial charge in [-0.25, -0.2) is 0 Å². The van der Waals surface area contributed by atoms with E-state index in [0.29, 0.717) is 6.54 Å². The summed E-state index contributed by atoms with van der Waals surface area (Å²) in [6.07, 6.45) is 1.75. The lowest BCUT2D eigenvalue weighted by Crippen LogP contribution is -2.19. The van der Waals surface area contributed by atoms with Gasteiger partial charge in [0.05, 0.1) is 6.07 Å². The predicted octanol–water partition coefficient (Wildman–Crippen LogP) is 2.09. The number of nitrogens with one attached hydrogen (secondary N) is 1. The van der Waals surface area contributed by atoms with Crippen molar-refractivity contribution in [3.63, 3.8) is 0 Å². The largest absolute Gasteiger partial charge is 0.378 e. The summed E-state index contributed by atoms with van der Waals surface area (Å²) in [7, 11) is 3.99. The smallest absolute Gasteiger partial charge is 0.121 e. The standard InChI is InChI=1S/C13H17N3/c1-4-9-15-13(10-14)11-5-7-12(8-6-11)16(2)3/h4-8,13,15H,1,9H2,2-3H3. The maximum Gasteiger partial charge on any atom is 0.121 e. The monoisotopic (exact) mass is 215 g/mol. The first kappa shape index (κ1) is 12.3. The van der Waals surface area contributed by atoms with Crippen LogP contribution < -0.4 is 10.2 Å². The van der Waals surface area contributed by atoms with Crippen molar-refractivity contribution in [1.29, 1.82) is 5.26 Å². The van der Waals surface area contributed by atoms with Gasteiger partial charge in [0.2, 0.25) is 0 Å². The average Bonchev–Trinajstić information content (AvgIpc) is 2.30. The molecule has 0 amide bonds. The maximum absolute atomic E-state index is 9.03. The van der Waals surface area contributed by atoms with E-state index in [1.165, 1.54) is 0 Å². The van der Waals surface area contributed by atoms with E-state index in [1.807, 2.05) is 43.3 Å². The molecule has 3 nitrogen and oxygen atoms in total. The molecule has 1 aromatic rings. The predicted molar refractivity (Wildman–Crippen MR) is 67.3 cm³/mol. The zero-order valence-corrected chi connectivity index (χ0v) is 9.77. The summed E-state index contributed by atoms with van der Waals surface area (Å²) in [6.45, 7) is 4.25. The van der Waals surface area contributed by atoms with Crippen LogP contribution in [0.1, 0.15) is 11.6 Å². The average molecular weight is 215 g/mol. The SMILES string of the molecule is C=CCNC(C#N)c1ccc(N(C)C)cc1. The van der Waals surface area contributed by atoms with Crippen molar-refractivity contribution in [1.82, 2.24) is 5.32 Å². The van der Waals surface area contributed by atoms with Crippen LogP contribution in [0.5, 0.6) is 0 Å². The van der Waals surface area contributed by atoms with Crippen molar-refractivity contribution in [2.75, 3.05) is 25.5 Å². The van der Waals surface area contributed by atoms with Crippen LogP contribution in [0.4, 0.5) is 5.69 Å². The van der Waals surface area contributed by atoms with Gasteiger partial charge in [-0.15, -0.1) is 6.58 Å². The lowest BCUT2D eigenvalue weighted by atomic mass is 10.1. The van der Waals surface area contributed by atoms with Crippen LogP contribution in [0.3, 0.4) is 0 Å². The molecule has 0 heterocycles. The van der Waals surface area contributed by atoms with E-state index in [0.717, 1.165) is 11.3 Å². The van der Waals surface area contributed by atoms with Gasteiger partial charge in [-0.3, -0.25) is 5.32 Å². The molecular formula is C13H17N3. The van der Waals surface area contributed by atoms with E-state index >= 15 is 0 Å². The van der Waals surface area contributed by atoms with Gasteiger partial charge in [-0.1, -0.05) is 18.2 Å². The van der Waals surface area contributed by atoms with Crippen molar-refractivity contribution in [2.45, 2.75) is 6.04 Å². The van der Waals surface area contributed by atoms with Crippen molar-refractivity contribution in [3.8, 4) is 6.07 Å². The van der Waals surface area contributed by atoms with Gasteiger partial charge in [0.25, 0.3) is 0 Å². The highest BCUT2D eigenvalue weighted by Gasteiger charge is 2.08. The van der Waals surface area contributed by atoms with E-state index in [9.17, 15) is 0 Å². The quantitative estimate of drug-likeness (QED) is 0.764. The zero-order valence-electron chi connectivity index (χ0n) is 9.77. The van der Waals surface area contributed by atoms with Crippen molar-refractivity contribution in [2.24, 2.45) is 0 Å². The van der Waals surface area contributed by atoms with E-state index in [4.69, 9.17) is 5.26 Å². The van der Waals surface area contributed by atoms with Crippen LogP contribution in [-0.2, 0) is 0 Å².